The average molecular weight is 234 g/mol. The van der Waals surface area contributed by atoms with Crippen molar-refractivity contribution in [1.29, 1.82) is 5.26 Å². The lowest BCUT2D eigenvalue weighted by Gasteiger charge is -2.11. The summed E-state index contributed by atoms with van der Waals surface area (Å²) in [5.74, 6) is 1.53. The lowest BCUT2D eigenvalue weighted by molar-refractivity contribution is 0.360. The van der Waals surface area contributed by atoms with E-state index in [1.54, 1.807) is 7.11 Å². The van der Waals surface area contributed by atoms with Crippen molar-refractivity contribution in [1.82, 2.24) is 5.32 Å². The SMILES string of the molecule is CCCNCc1cc(OC)ccc1OCC#N. The van der Waals surface area contributed by atoms with E-state index in [-0.39, 0.29) is 6.61 Å². The molecule has 0 fully saturated rings. The van der Waals surface area contributed by atoms with Crippen molar-refractivity contribution in [3.8, 4) is 17.6 Å². The second-order valence-corrected chi connectivity index (χ2v) is 3.60. The fourth-order valence-corrected chi connectivity index (χ4v) is 1.47. The van der Waals surface area contributed by atoms with Gasteiger partial charge in [-0.3, -0.25) is 0 Å². The van der Waals surface area contributed by atoms with Gasteiger partial charge in [-0.15, -0.1) is 0 Å². The zero-order chi connectivity index (χ0) is 12.5. The molecule has 0 saturated heterocycles. The van der Waals surface area contributed by atoms with Crippen LogP contribution in [0.15, 0.2) is 18.2 Å². The molecule has 1 aromatic carbocycles. The number of rotatable bonds is 7. The lowest BCUT2D eigenvalue weighted by atomic mass is 10.2. The number of nitrogens with zero attached hydrogens (tertiary/aromatic N) is 1. The Morgan fingerprint density at radius 2 is 2.24 bits per heavy atom. The smallest absolute Gasteiger partial charge is 0.174 e. The molecule has 92 valence electrons. The Bertz CT molecular complexity index is 385. The minimum Gasteiger partial charge on any atom is -0.497 e. The standard InChI is InChI=1S/C13H18N2O2/c1-3-7-15-10-11-9-12(16-2)4-5-13(11)17-8-6-14/h4-5,9,15H,3,7-8,10H2,1-2H3. The Balaban J connectivity index is 2.75. The summed E-state index contributed by atoms with van der Waals surface area (Å²) in [5.41, 5.74) is 1.01. The van der Waals surface area contributed by atoms with Crippen molar-refractivity contribution in [2.24, 2.45) is 0 Å². The van der Waals surface area contributed by atoms with Crippen LogP contribution in [-0.2, 0) is 6.54 Å². The number of hydrogen-bond donors (Lipinski definition) is 1. The molecule has 0 radical (unpaired) electrons. The van der Waals surface area contributed by atoms with E-state index in [1.165, 1.54) is 0 Å². The van der Waals surface area contributed by atoms with Crippen LogP contribution in [0, 0.1) is 11.3 Å². The highest BCUT2D eigenvalue weighted by Crippen LogP contribution is 2.24. The quantitative estimate of drug-likeness (QED) is 0.734. The van der Waals surface area contributed by atoms with Crippen molar-refractivity contribution < 1.29 is 9.47 Å². The van der Waals surface area contributed by atoms with E-state index in [2.05, 4.69) is 12.2 Å². The monoisotopic (exact) mass is 234 g/mol. The highest BCUT2D eigenvalue weighted by atomic mass is 16.5. The zero-order valence-corrected chi connectivity index (χ0v) is 10.3. The molecule has 0 bridgehead atoms. The highest BCUT2D eigenvalue weighted by Gasteiger charge is 2.05. The maximum absolute atomic E-state index is 8.52. The molecule has 0 aromatic heterocycles. The van der Waals surface area contributed by atoms with E-state index in [0.717, 1.165) is 30.0 Å². The molecule has 1 rings (SSSR count). The van der Waals surface area contributed by atoms with Gasteiger partial charge in [0.25, 0.3) is 0 Å². The number of hydrogen-bond acceptors (Lipinski definition) is 4. The molecule has 0 heterocycles. The Kier molecular flexibility index (Phi) is 5.91. The molecule has 1 aromatic rings. The second kappa shape index (κ2) is 7.53. The Morgan fingerprint density at radius 1 is 1.41 bits per heavy atom. The van der Waals surface area contributed by atoms with Crippen molar-refractivity contribution in [2.45, 2.75) is 19.9 Å². The van der Waals surface area contributed by atoms with Crippen LogP contribution in [0.3, 0.4) is 0 Å². The van der Waals surface area contributed by atoms with Gasteiger partial charge in [0.05, 0.1) is 7.11 Å². The number of methoxy groups -OCH3 is 1. The van der Waals surface area contributed by atoms with Crippen molar-refractivity contribution in [2.75, 3.05) is 20.3 Å². The predicted octanol–water partition coefficient (Wildman–Crippen LogP) is 2.10. The molecule has 0 unspecified atom stereocenters. The van der Waals surface area contributed by atoms with Gasteiger partial charge in [0.15, 0.2) is 6.61 Å². The van der Waals surface area contributed by atoms with Gasteiger partial charge in [0.1, 0.15) is 17.6 Å². The zero-order valence-electron chi connectivity index (χ0n) is 10.3. The van der Waals surface area contributed by atoms with Crippen molar-refractivity contribution in [3.05, 3.63) is 23.8 Å². The van der Waals surface area contributed by atoms with Gasteiger partial charge in [-0.05, 0) is 31.2 Å². The molecular formula is C13H18N2O2. The summed E-state index contributed by atoms with van der Waals surface area (Å²) in [6.45, 7) is 3.85. The third-order valence-electron chi connectivity index (χ3n) is 2.30. The maximum atomic E-state index is 8.52. The van der Waals surface area contributed by atoms with Crippen LogP contribution in [0.1, 0.15) is 18.9 Å². The summed E-state index contributed by atoms with van der Waals surface area (Å²) < 4.78 is 10.5. The summed E-state index contributed by atoms with van der Waals surface area (Å²) in [5, 5.41) is 11.8. The molecule has 0 spiro atoms. The fourth-order valence-electron chi connectivity index (χ4n) is 1.47. The normalized spacial score (nSPS) is 9.71. The lowest BCUT2D eigenvalue weighted by Crippen LogP contribution is -2.14. The molecule has 0 aliphatic rings. The molecule has 4 nitrogen and oxygen atoms in total. The molecular weight excluding hydrogens is 216 g/mol. The molecule has 1 N–H and O–H groups in total. The van der Waals surface area contributed by atoms with Crippen LogP contribution in [0.5, 0.6) is 11.5 Å². The molecule has 4 heteroatoms. The molecule has 0 aliphatic carbocycles. The summed E-state index contributed by atoms with van der Waals surface area (Å²) in [4.78, 5) is 0. The fraction of sp³-hybridized carbons (Fsp3) is 0.462. The van der Waals surface area contributed by atoms with Crippen LogP contribution < -0.4 is 14.8 Å². The third kappa shape index (κ3) is 4.33. The molecule has 0 amide bonds. The van der Waals surface area contributed by atoms with Gasteiger partial charge in [-0.1, -0.05) is 6.92 Å². The van der Waals surface area contributed by atoms with Gasteiger partial charge in [0.2, 0.25) is 0 Å². The average Bonchev–Trinajstić information content (AvgIpc) is 2.37. The first-order valence-corrected chi connectivity index (χ1v) is 5.69. The Morgan fingerprint density at radius 3 is 2.88 bits per heavy atom. The first-order valence-electron chi connectivity index (χ1n) is 5.69. The first-order chi connectivity index (χ1) is 8.31. The summed E-state index contributed by atoms with van der Waals surface area (Å²) >= 11 is 0. The largest absolute Gasteiger partial charge is 0.497 e. The van der Waals surface area contributed by atoms with Gasteiger partial charge >= 0.3 is 0 Å². The van der Waals surface area contributed by atoms with Crippen LogP contribution in [-0.4, -0.2) is 20.3 Å². The highest BCUT2D eigenvalue weighted by molar-refractivity contribution is 5.40. The van der Waals surface area contributed by atoms with E-state index in [9.17, 15) is 0 Å². The van der Waals surface area contributed by atoms with Gasteiger partial charge < -0.3 is 14.8 Å². The summed E-state index contributed by atoms with van der Waals surface area (Å²) in [6.07, 6.45) is 1.08. The molecule has 0 saturated carbocycles. The van der Waals surface area contributed by atoms with Crippen LogP contribution >= 0.6 is 0 Å². The number of nitrogens with one attached hydrogen (secondary N) is 1. The topological polar surface area (TPSA) is 54.3 Å². The number of nitriles is 1. The Labute approximate surface area is 102 Å². The van der Waals surface area contributed by atoms with E-state index in [0.29, 0.717) is 6.54 Å². The van der Waals surface area contributed by atoms with Crippen molar-refractivity contribution >= 4 is 0 Å². The van der Waals surface area contributed by atoms with Gasteiger partial charge in [-0.25, -0.2) is 0 Å². The van der Waals surface area contributed by atoms with Gasteiger partial charge in [-0.2, -0.15) is 5.26 Å². The predicted molar refractivity (Wildman–Crippen MR) is 66.1 cm³/mol. The summed E-state index contributed by atoms with van der Waals surface area (Å²) in [6, 6.07) is 7.55. The van der Waals surface area contributed by atoms with E-state index >= 15 is 0 Å². The molecule has 17 heavy (non-hydrogen) atoms. The summed E-state index contributed by atoms with van der Waals surface area (Å²) in [7, 11) is 1.63. The maximum Gasteiger partial charge on any atom is 0.174 e. The van der Waals surface area contributed by atoms with Gasteiger partial charge in [0, 0.05) is 12.1 Å². The molecule has 0 atom stereocenters. The molecule has 0 aliphatic heterocycles. The minimum absolute atomic E-state index is 0.0626. The second-order valence-electron chi connectivity index (χ2n) is 3.60. The first kappa shape index (κ1) is 13.3. The van der Waals surface area contributed by atoms with E-state index in [1.807, 2.05) is 24.3 Å². The van der Waals surface area contributed by atoms with Crippen LogP contribution in [0.25, 0.3) is 0 Å². The number of ether oxygens (including phenoxy) is 2. The number of benzene rings is 1. The Hall–Kier alpha value is -1.73. The minimum atomic E-state index is 0.0626. The van der Waals surface area contributed by atoms with Crippen LogP contribution in [0.4, 0.5) is 0 Å². The van der Waals surface area contributed by atoms with Crippen LogP contribution in [0.2, 0.25) is 0 Å². The van der Waals surface area contributed by atoms with E-state index < -0.39 is 0 Å². The third-order valence-corrected chi connectivity index (χ3v) is 2.30. The van der Waals surface area contributed by atoms with E-state index in [4.69, 9.17) is 14.7 Å². The van der Waals surface area contributed by atoms with Crippen molar-refractivity contribution in [3.63, 3.8) is 0 Å².